The van der Waals surface area contributed by atoms with Crippen LogP contribution in [0, 0.1) is 12.8 Å². The van der Waals surface area contributed by atoms with E-state index in [2.05, 4.69) is 21.2 Å². The van der Waals surface area contributed by atoms with Gasteiger partial charge in [0, 0.05) is 22.6 Å². The fourth-order valence-electron chi connectivity index (χ4n) is 2.27. The number of urea groups is 1. The van der Waals surface area contributed by atoms with E-state index in [9.17, 15) is 9.59 Å². The number of carbonyl (C=O) groups excluding carboxylic acids is 1. The summed E-state index contributed by atoms with van der Waals surface area (Å²) in [6.07, 6.45) is 0.969. The van der Waals surface area contributed by atoms with Gasteiger partial charge in [0.2, 0.25) is 0 Å². The molecule has 0 bridgehead atoms. The summed E-state index contributed by atoms with van der Waals surface area (Å²) in [4.78, 5) is 24.7. The molecule has 114 valence electrons. The van der Waals surface area contributed by atoms with E-state index in [1.54, 1.807) is 11.0 Å². The van der Waals surface area contributed by atoms with Crippen molar-refractivity contribution >= 4 is 45.2 Å². The van der Waals surface area contributed by atoms with Crippen molar-refractivity contribution in [3.05, 3.63) is 27.2 Å². The summed E-state index contributed by atoms with van der Waals surface area (Å²) in [7, 11) is 0. The number of carboxylic acid groups (broad SMARTS) is 1. The van der Waals surface area contributed by atoms with Crippen LogP contribution in [0.2, 0.25) is 5.02 Å². The van der Waals surface area contributed by atoms with Gasteiger partial charge < -0.3 is 15.3 Å². The van der Waals surface area contributed by atoms with Crippen LogP contribution in [-0.4, -0.2) is 35.1 Å². The number of amides is 2. The van der Waals surface area contributed by atoms with Crippen LogP contribution < -0.4 is 5.32 Å². The van der Waals surface area contributed by atoms with E-state index in [4.69, 9.17) is 16.7 Å². The minimum atomic E-state index is -0.789. The first-order valence-corrected chi connectivity index (χ1v) is 7.80. The van der Waals surface area contributed by atoms with Crippen LogP contribution in [0.25, 0.3) is 0 Å². The van der Waals surface area contributed by atoms with Crippen LogP contribution in [0.5, 0.6) is 0 Å². The number of likely N-dealkylation sites (tertiary alicyclic amines) is 1. The maximum absolute atomic E-state index is 12.2. The smallest absolute Gasteiger partial charge is 0.321 e. The first-order valence-electron chi connectivity index (χ1n) is 6.63. The maximum Gasteiger partial charge on any atom is 0.321 e. The van der Waals surface area contributed by atoms with Gasteiger partial charge >= 0.3 is 12.0 Å². The highest BCUT2D eigenvalue weighted by molar-refractivity contribution is 9.10. The Labute approximate surface area is 136 Å². The van der Waals surface area contributed by atoms with Gasteiger partial charge in [-0.15, -0.1) is 0 Å². The SMILES string of the molecule is Cc1cc(Br)c(NC(=O)N2CCC(C(=O)O)CC2)cc1Cl. The van der Waals surface area contributed by atoms with Crippen LogP contribution >= 0.6 is 27.5 Å². The Morgan fingerprint density at radius 3 is 2.57 bits per heavy atom. The number of hydrogen-bond donors (Lipinski definition) is 2. The molecule has 1 heterocycles. The molecule has 7 heteroatoms. The largest absolute Gasteiger partial charge is 0.481 e. The molecule has 1 aromatic carbocycles. The van der Waals surface area contributed by atoms with Crippen molar-refractivity contribution in [2.24, 2.45) is 5.92 Å². The molecular formula is C14H16BrClN2O3. The zero-order valence-electron chi connectivity index (χ0n) is 11.5. The van der Waals surface area contributed by atoms with Crippen molar-refractivity contribution in [3.8, 4) is 0 Å². The van der Waals surface area contributed by atoms with Gasteiger partial charge in [0.25, 0.3) is 0 Å². The molecule has 21 heavy (non-hydrogen) atoms. The zero-order chi connectivity index (χ0) is 15.6. The Morgan fingerprint density at radius 2 is 2.00 bits per heavy atom. The van der Waals surface area contributed by atoms with Gasteiger partial charge in [0.15, 0.2) is 0 Å². The summed E-state index contributed by atoms with van der Waals surface area (Å²) in [6, 6.07) is 3.30. The van der Waals surface area contributed by atoms with E-state index in [1.807, 2.05) is 13.0 Å². The number of piperidine rings is 1. The fourth-order valence-corrected chi connectivity index (χ4v) is 2.99. The second kappa shape index (κ2) is 6.66. The highest BCUT2D eigenvalue weighted by Gasteiger charge is 2.27. The molecule has 0 saturated carbocycles. The van der Waals surface area contributed by atoms with Gasteiger partial charge in [-0.2, -0.15) is 0 Å². The minimum absolute atomic E-state index is 0.237. The molecule has 0 spiro atoms. The van der Waals surface area contributed by atoms with Crippen LogP contribution in [0.4, 0.5) is 10.5 Å². The van der Waals surface area contributed by atoms with E-state index < -0.39 is 5.97 Å². The number of halogens is 2. The molecule has 1 aliphatic rings. The second-order valence-electron chi connectivity index (χ2n) is 5.11. The minimum Gasteiger partial charge on any atom is -0.481 e. The third kappa shape index (κ3) is 3.89. The number of hydrogen-bond acceptors (Lipinski definition) is 2. The first kappa shape index (κ1) is 16.1. The van der Waals surface area contributed by atoms with E-state index in [0.717, 1.165) is 10.0 Å². The molecule has 0 aromatic heterocycles. The third-order valence-electron chi connectivity index (χ3n) is 3.62. The highest BCUT2D eigenvalue weighted by atomic mass is 79.9. The molecule has 2 rings (SSSR count). The summed E-state index contributed by atoms with van der Waals surface area (Å²) in [5, 5.41) is 12.3. The van der Waals surface area contributed by atoms with Crippen LogP contribution in [0.15, 0.2) is 16.6 Å². The zero-order valence-corrected chi connectivity index (χ0v) is 13.9. The Hall–Kier alpha value is -1.27. The summed E-state index contributed by atoms with van der Waals surface area (Å²) < 4.78 is 0.762. The second-order valence-corrected chi connectivity index (χ2v) is 6.37. The van der Waals surface area contributed by atoms with Crippen molar-refractivity contribution in [2.45, 2.75) is 19.8 Å². The van der Waals surface area contributed by atoms with Crippen molar-refractivity contribution < 1.29 is 14.7 Å². The predicted molar refractivity (Wildman–Crippen MR) is 84.8 cm³/mol. The molecule has 0 unspecified atom stereocenters. The number of aryl methyl sites for hydroxylation is 1. The molecule has 0 aliphatic carbocycles. The number of nitrogens with zero attached hydrogens (tertiary/aromatic N) is 1. The average molecular weight is 376 g/mol. The molecule has 1 aromatic rings. The molecule has 5 nitrogen and oxygen atoms in total. The molecule has 0 atom stereocenters. The molecule has 1 aliphatic heterocycles. The van der Waals surface area contributed by atoms with Crippen LogP contribution in [0.3, 0.4) is 0 Å². The third-order valence-corrected chi connectivity index (χ3v) is 4.68. The molecule has 2 N–H and O–H groups in total. The lowest BCUT2D eigenvalue weighted by atomic mass is 9.97. The molecule has 1 fully saturated rings. The first-order chi connectivity index (χ1) is 9.88. The fraction of sp³-hybridized carbons (Fsp3) is 0.429. The van der Waals surface area contributed by atoms with E-state index in [0.29, 0.717) is 36.6 Å². The monoisotopic (exact) mass is 374 g/mol. The summed E-state index contributed by atoms with van der Waals surface area (Å²) >= 11 is 9.45. The van der Waals surface area contributed by atoms with Gasteiger partial charge in [-0.1, -0.05) is 11.6 Å². The van der Waals surface area contributed by atoms with Crippen LogP contribution in [0.1, 0.15) is 18.4 Å². The van der Waals surface area contributed by atoms with E-state index >= 15 is 0 Å². The Balaban J connectivity index is 2.00. The Bertz CT molecular complexity index is 572. The number of anilines is 1. The lowest BCUT2D eigenvalue weighted by Gasteiger charge is -2.30. The quantitative estimate of drug-likeness (QED) is 0.827. The standard InChI is InChI=1S/C14H16BrClN2O3/c1-8-6-10(15)12(7-11(8)16)17-14(21)18-4-2-9(3-5-18)13(19)20/h6-7,9H,2-5H2,1H3,(H,17,21)(H,19,20). The topological polar surface area (TPSA) is 69.6 Å². The highest BCUT2D eigenvalue weighted by Crippen LogP contribution is 2.29. The predicted octanol–water partition coefficient (Wildman–Crippen LogP) is 3.74. The van der Waals surface area contributed by atoms with Gasteiger partial charge in [-0.05, 0) is 53.4 Å². The van der Waals surface area contributed by atoms with Crippen molar-refractivity contribution in [3.63, 3.8) is 0 Å². The molecule has 2 amide bonds. The van der Waals surface area contributed by atoms with Crippen molar-refractivity contribution in [2.75, 3.05) is 18.4 Å². The van der Waals surface area contributed by atoms with Gasteiger partial charge in [0.05, 0.1) is 11.6 Å². The number of nitrogens with one attached hydrogen (secondary N) is 1. The Morgan fingerprint density at radius 1 is 1.38 bits per heavy atom. The number of aliphatic carboxylic acids is 1. The van der Waals surface area contributed by atoms with E-state index in [-0.39, 0.29) is 11.9 Å². The number of carbonyl (C=O) groups is 2. The van der Waals surface area contributed by atoms with Gasteiger partial charge in [0.1, 0.15) is 0 Å². The van der Waals surface area contributed by atoms with Crippen molar-refractivity contribution in [1.29, 1.82) is 0 Å². The average Bonchev–Trinajstić information content (AvgIpc) is 2.44. The van der Waals surface area contributed by atoms with Crippen molar-refractivity contribution in [1.82, 2.24) is 4.90 Å². The number of carboxylic acids is 1. The van der Waals surface area contributed by atoms with E-state index in [1.165, 1.54) is 0 Å². The maximum atomic E-state index is 12.2. The lowest BCUT2D eigenvalue weighted by molar-refractivity contribution is -0.143. The summed E-state index contributed by atoms with van der Waals surface area (Å²) in [5.74, 6) is -1.14. The Kier molecular flexibility index (Phi) is 5.11. The van der Waals surface area contributed by atoms with Gasteiger partial charge in [-0.25, -0.2) is 4.79 Å². The normalized spacial score (nSPS) is 15.9. The van der Waals surface area contributed by atoms with Crippen LogP contribution in [-0.2, 0) is 4.79 Å². The molecular weight excluding hydrogens is 360 g/mol. The lowest BCUT2D eigenvalue weighted by Crippen LogP contribution is -2.42. The summed E-state index contributed by atoms with van der Waals surface area (Å²) in [6.45, 7) is 2.77. The van der Waals surface area contributed by atoms with Gasteiger partial charge in [-0.3, -0.25) is 4.79 Å². The number of rotatable bonds is 2. The summed E-state index contributed by atoms with van der Waals surface area (Å²) in [5.41, 5.74) is 1.53. The molecule has 1 saturated heterocycles. The number of benzene rings is 1. The molecule has 0 radical (unpaired) electrons.